The van der Waals surface area contributed by atoms with Crippen molar-refractivity contribution in [1.29, 1.82) is 0 Å². The van der Waals surface area contributed by atoms with E-state index in [0.717, 1.165) is 18.4 Å². The molecule has 0 saturated heterocycles. The van der Waals surface area contributed by atoms with Gasteiger partial charge in [-0.2, -0.15) is 5.10 Å². The zero-order valence-electron chi connectivity index (χ0n) is 9.95. The van der Waals surface area contributed by atoms with Crippen molar-refractivity contribution < 1.29 is 0 Å². The number of allylic oxidation sites excluding steroid dienone is 1. The lowest BCUT2D eigenvalue weighted by atomic mass is 10.1. The van der Waals surface area contributed by atoms with Gasteiger partial charge in [-0.25, -0.2) is 0 Å². The fraction of sp³-hybridized carbons (Fsp3) is 0.214. The molecule has 0 spiro atoms. The molecule has 0 atom stereocenters. The molecule has 1 heterocycles. The molecule has 92 valence electrons. The second-order valence-electron chi connectivity index (χ2n) is 4.48. The van der Waals surface area contributed by atoms with Gasteiger partial charge in [0.05, 0.1) is 11.9 Å². The van der Waals surface area contributed by atoms with E-state index in [9.17, 15) is 0 Å². The van der Waals surface area contributed by atoms with Gasteiger partial charge in [0.1, 0.15) is 0 Å². The maximum Gasteiger partial charge on any atom is 0.0670 e. The molecule has 1 aliphatic rings. The van der Waals surface area contributed by atoms with Crippen LogP contribution >= 0.6 is 23.2 Å². The van der Waals surface area contributed by atoms with Crippen LogP contribution in [-0.2, 0) is 13.5 Å². The maximum absolute atomic E-state index is 6.20. The third-order valence-electron chi connectivity index (χ3n) is 3.27. The summed E-state index contributed by atoms with van der Waals surface area (Å²) in [5.74, 6) is 0. The first-order valence-electron chi connectivity index (χ1n) is 5.82. The molecule has 0 unspecified atom stereocenters. The molecule has 0 fully saturated rings. The highest BCUT2D eigenvalue weighted by atomic mass is 35.5. The van der Waals surface area contributed by atoms with Gasteiger partial charge in [0.15, 0.2) is 0 Å². The summed E-state index contributed by atoms with van der Waals surface area (Å²) >= 11 is 12.1. The number of hydrogen-bond acceptors (Lipinski definition) is 1. The Morgan fingerprint density at radius 1 is 1.28 bits per heavy atom. The van der Waals surface area contributed by atoms with Crippen LogP contribution in [0.4, 0.5) is 0 Å². The normalized spacial score (nSPS) is 16.3. The Kier molecular flexibility index (Phi) is 2.92. The van der Waals surface area contributed by atoms with Crippen LogP contribution in [0, 0.1) is 0 Å². The largest absolute Gasteiger partial charge is 0.268 e. The molecule has 0 aliphatic heterocycles. The smallest absolute Gasteiger partial charge is 0.0670 e. The summed E-state index contributed by atoms with van der Waals surface area (Å²) in [5, 5.41) is 5.64. The molecule has 1 aromatic heterocycles. The van der Waals surface area contributed by atoms with Gasteiger partial charge in [0, 0.05) is 17.1 Å². The van der Waals surface area contributed by atoms with Crippen molar-refractivity contribution in [3.05, 3.63) is 51.3 Å². The molecule has 0 amide bonds. The number of halogens is 2. The molecular formula is C14H12Cl2N2. The standard InChI is InChI=1S/C14H12Cl2N2/c1-18-14-10(2-3-11(14)8-17-18)6-9-4-5-12(15)7-13(9)16/h4-8H,2-3H2,1H3. The fourth-order valence-corrected chi connectivity index (χ4v) is 2.88. The predicted octanol–water partition coefficient (Wildman–Crippen LogP) is 4.21. The molecule has 18 heavy (non-hydrogen) atoms. The molecule has 1 aromatic carbocycles. The Bertz CT molecular complexity index is 641. The van der Waals surface area contributed by atoms with Crippen molar-refractivity contribution in [2.75, 3.05) is 0 Å². The fourth-order valence-electron chi connectivity index (χ4n) is 2.41. The summed E-state index contributed by atoms with van der Waals surface area (Å²) in [6, 6.07) is 5.58. The minimum Gasteiger partial charge on any atom is -0.268 e. The second kappa shape index (κ2) is 4.45. The van der Waals surface area contributed by atoms with Crippen molar-refractivity contribution in [1.82, 2.24) is 9.78 Å². The number of nitrogens with zero attached hydrogens (tertiary/aromatic N) is 2. The molecule has 0 saturated carbocycles. The minimum absolute atomic E-state index is 0.662. The Morgan fingerprint density at radius 3 is 2.89 bits per heavy atom. The van der Waals surface area contributed by atoms with Crippen molar-refractivity contribution in [3.63, 3.8) is 0 Å². The number of benzene rings is 1. The quantitative estimate of drug-likeness (QED) is 0.764. The van der Waals surface area contributed by atoms with E-state index < -0.39 is 0 Å². The van der Waals surface area contributed by atoms with Gasteiger partial charge in [0.25, 0.3) is 0 Å². The highest BCUT2D eigenvalue weighted by Gasteiger charge is 2.20. The molecule has 3 rings (SSSR count). The van der Waals surface area contributed by atoms with Crippen LogP contribution in [0.3, 0.4) is 0 Å². The Morgan fingerprint density at radius 2 is 2.11 bits per heavy atom. The first-order valence-corrected chi connectivity index (χ1v) is 6.57. The molecule has 1 aliphatic carbocycles. The Hall–Kier alpha value is -1.25. The van der Waals surface area contributed by atoms with E-state index >= 15 is 0 Å². The van der Waals surface area contributed by atoms with Crippen LogP contribution < -0.4 is 0 Å². The summed E-state index contributed by atoms with van der Waals surface area (Å²) in [4.78, 5) is 0. The van der Waals surface area contributed by atoms with E-state index in [-0.39, 0.29) is 0 Å². The van der Waals surface area contributed by atoms with Crippen LogP contribution in [0.15, 0.2) is 24.4 Å². The summed E-state index contributed by atoms with van der Waals surface area (Å²) in [6.45, 7) is 0. The third kappa shape index (κ3) is 1.96. The van der Waals surface area contributed by atoms with Crippen molar-refractivity contribution >= 4 is 34.9 Å². The summed E-state index contributed by atoms with van der Waals surface area (Å²) in [5.41, 5.74) is 4.83. The lowest BCUT2D eigenvalue weighted by molar-refractivity contribution is 0.756. The van der Waals surface area contributed by atoms with Crippen molar-refractivity contribution in [3.8, 4) is 0 Å². The predicted molar refractivity (Wildman–Crippen MR) is 75.9 cm³/mol. The lowest BCUT2D eigenvalue weighted by Crippen LogP contribution is -1.95. The second-order valence-corrected chi connectivity index (χ2v) is 5.32. The van der Waals surface area contributed by atoms with E-state index in [1.165, 1.54) is 16.8 Å². The van der Waals surface area contributed by atoms with E-state index in [1.807, 2.05) is 30.1 Å². The number of rotatable bonds is 1. The van der Waals surface area contributed by atoms with E-state index in [4.69, 9.17) is 23.2 Å². The lowest BCUT2D eigenvalue weighted by Gasteiger charge is -2.04. The molecule has 2 aromatic rings. The van der Waals surface area contributed by atoms with Gasteiger partial charge >= 0.3 is 0 Å². The summed E-state index contributed by atoms with van der Waals surface area (Å²) < 4.78 is 1.93. The van der Waals surface area contributed by atoms with Gasteiger partial charge in [-0.05, 0) is 47.8 Å². The van der Waals surface area contributed by atoms with Gasteiger partial charge in [-0.15, -0.1) is 0 Å². The van der Waals surface area contributed by atoms with Crippen molar-refractivity contribution in [2.45, 2.75) is 12.8 Å². The van der Waals surface area contributed by atoms with Crippen LogP contribution in [0.1, 0.15) is 23.2 Å². The molecule has 2 nitrogen and oxygen atoms in total. The van der Waals surface area contributed by atoms with Gasteiger partial charge in [0.2, 0.25) is 0 Å². The third-order valence-corrected chi connectivity index (χ3v) is 3.84. The van der Waals surface area contributed by atoms with E-state index in [1.54, 1.807) is 6.07 Å². The number of aryl methyl sites for hydroxylation is 2. The molecule has 4 heteroatoms. The maximum atomic E-state index is 6.20. The Balaban J connectivity index is 2.06. The van der Waals surface area contributed by atoms with Crippen LogP contribution in [0.25, 0.3) is 11.6 Å². The topological polar surface area (TPSA) is 17.8 Å². The Labute approximate surface area is 116 Å². The molecular weight excluding hydrogens is 267 g/mol. The first-order chi connectivity index (χ1) is 8.65. The zero-order chi connectivity index (χ0) is 12.7. The highest BCUT2D eigenvalue weighted by molar-refractivity contribution is 6.35. The average molecular weight is 279 g/mol. The van der Waals surface area contributed by atoms with E-state index in [2.05, 4.69) is 11.2 Å². The number of fused-ring (bicyclic) bond motifs is 1. The zero-order valence-corrected chi connectivity index (χ0v) is 11.5. The van der Waals surface area contributed by atoms with Gasteiger partial charge in [-0.1, -0.05) is 29.3 Å². The van der Waals surface area contributed by atoms with E-state index in [0.29, 0.717) is 10.0 Å². The summed E-state index contributed by atoms with van der Waals surface area (Å²) in [7, 11) is 1.97. The average Bonchev–Trinajstić information content (AvgIpc) is 2.88. The summed E-state index contributed by atoms with van der Waals surface area (Å²) in [6.07, 6.45) is 6.17. The van der Waals surface area contributed by atoms with Crippen LogP contribution in [0.5, 0.6) is 0 Å². The van der Waals surface area contributed by atoms with Crippen LogP contribution in [0.2, 0.25) is 10.0 Å². The minimum atomic E-state index is 0.662. The van der Waals surface area contributed by atoms with Gasteiger partial charge in [-0.3, -0.25) is 4.68 Å². The van der Waals surface area contributed by atoms with Crippen LogP contribution in [-0.4, -0.2) is 9.78 Å². The monoisotopic (exact) mass is 278 g/mol. The number of hydrogen-bond donors (Lipinski definition) is 0. The first kappa shape index (κ1) is 11.8. The SMILES string of the molecule is Cn1ncc2c1C(=Cc1ccc(Cl)cc1Cl)CC2. The number of aromatic nitrogens is 2. The van der Waals surface area contributed by atoms with Gasteiger partial charge < -0.3 is 0 Å². The highest BCUT2D eigenvalue weighted by Crippen LogP contribution is 2.34. The molecule has 0 radical (unpaired) electrons. The van der Waals surface area contributed by atoms with Crippen molar-refractivity contribution in [2.24, 2.45) is 7.05 Å². The molecule has 0 bridgehead atoms. The molecule has 0 N–H and O–H groups in total.